The molecule has 108 valence electrons. The van der Waals surface area contributed by atoms with Gasteiger partial charge in [0, 0.05) is 18.8 Å². The molecule has 1 heterocycles. The number of sulfonamides is 1. The van der Waals surface area contributed by atoms with Crippen LogP contribution in [0.15, 0.2) is 23.4 Å². The summed E-state index contributed by atoms with van der Waals surface area (Å²) in [7, 11) is -3.62. The lowest BCUT2D eigenvalue weighted by atomic mass is 10.2. The zero-order valence-electron chi connectivity index (χ0n) is 11.8. The number of pyridine rings is 1. The Morgan fingerprint density at radius 3 is 2.63 bits per heavy atom. The van der Waals surface area contributed by atoms with Crippen LogP contribution in [0.1, 0.15) is 40.0 Å². The second kappa shape index (κ2) is 6.86. The lowest BCUT2D eigenvalue weighted by Crippen LogP contribution is -2.39. The Morgan fingerprint density at radius 2 is 2.11 bits per heavy atom. The number of unbranched alkanes of at least 4 members (excludes halogenated alkanes) is 1. The number of aromatic nitrogens is 1. The van der Waals surface area contributed by atoms with E-state index in [1.165, 1.54) is 10.5 Å². The normalized spacial score (nSPS) is 13.7. The third-order valence-electron chi connectivity index (χ3n) is 3.17. The molecule has 0 fully saturated rings. The van der Waals surface area contributed by atoms with Crippen LogP contribution in [0.2, 0.25) is 0 Å². The summed E-state index contributed by atoms with van der Waals surface area (Å²) in [4.78, 5) is 3.94. The van der Waals surface area contributed by atoms with Crippen molar-refractivity contribution in [3.63, 3.8) is 0 Å². The van der Waals surface area contributed by atoms with Crippen molar-refractivity contribution in [1.82, 2.24) is 9.29 Å². The monoisotopic (exact) mass is 285 g/mol. The fourth-order valence-corrected chi connectivity index (χ4v) is 3.60. The highest BCUT2D eigenvalue weighted by Crippen LogP contribution is 2.22. The van der Waals surface area contributed by atoms with E-state index in [4.69, 9.17) is 5.73 Å². The molecule has 0 saturated carbocycles. The summed E-state index contributed by atoms with van der Waals surface area (Å²) in [6, 6.07) is 3.14. The van der Waals surface area contributed by atoms with E-state index in [-0.39, 0.29) is 16.8 Å². The minimum atomic E-state index is -3.62. The Kier molecular flexibility index (Phi) is 5.75. The molecule has 6 heteroatoms. The Hall–Kier alpha value is -1.14. The van der Waals surface area contributed by atoms with Crippen molar-refractivity contribution in [3.8, 4) is 0 Å². The second-order valence-electron chi connectivity index (χ2n) is 4.62. The van der Waals surface area contributed by atoms with Crippen molar-refractivity contribution in [2.75, 3.05) is 12.3 Å². The third kappa shape index (κ3) is 3.67. The molecule has 2 N–H and O–H groups in total. The molecule has 5 nitrogen and oxygen atoms in total. The van der Waals surface area contributed by atoms with E-state index < -0.39 is 10.0 Å². The van der Waals surface area contributed by atoms with Crippen LogP contribution in [0.25, 0.3) is 0 Å². The van der Waals surface area contributed by atoms with Gasteiger partial charge >= 0.3 is 0 Å². The van der Waals surface area contributed by atoms with Gasteiger partial charge in [-0.25, -0.2) is 13.4 Å². The quantitative estimate of drug-likeness (QED) is 0.833. The van der Waals surface area contributed by atoms with E-state index in [0.717, 1.165) is 19.3 Å². The maximum Gasteiger partial charge on any atom is 0.262 e. The van der Waals surface area contributed by atoms with Crippen LogP contribution in [0, 0.1) is 0 Å². The largest absolute Gasteiger partial charge is 0.396 e. The third-order valence-corrected chi connectivity index (χ3v) is 5.16. The van der Waals surface area contributed by atoms with Gasteiger partial charge in [0.1, 0.15) is 0 Å². The summed E-state index contributed by atoms with van der Waals surface area (Å²) in [6.07, 6.45) is 3.99. The minimum absolute atomic E-state index is 0.0357. The number of nitrogen functional groups attached to an aromatic ring is 1. The first-order chi connectivity index (χ1) is 8.95. The molecule has 0 amide bonds. The molecular formula is C13H23N3O2S. The first kappa shape index (κ1) is 15.9. The molecule has 0 spiro atoms. The average Bonchev–Trinajstić information content (AvgIpc) is 2.38. The fourth-order valence-electron chi connectivity index (χ4n) is 1.82. The Balaban J connectivity index is 3.16. The van der Waals surface area contributed by atoms with E-state index in [1.807, 2.05) is 20.8 Å². The molecule has 0 bridgehead atoms. The van der Waals surface area contributed by atoms with Crippen LogP contribution in [0.5, 0.6) is 0 Å². The Labute approximate surface area is 115 Å². The zero-order valence-corrected chi connectivity index (χ0v) is 12.7. The van der Waals surface area contributed by atoms with Gasteiger partial charge < -0.3 is 5.73 Å². The molecule has 0 aliphatic rings. The highest BCUT2D eigenvalue weighted by molar-refractivity contribution is 7.89. The molecule has 1 atom stereocenters. The molecule has 0 aliphatic carbocycles. The average molecular weight is 285 g/mol. The SMILES string of the molecule is CCCCN(C(C)CC)S(=O)(=O)c1ncccc1N. The van der Waals surface area contributed by atoms with Crippen LogP contribution in [-0.2, 0) is 10.0 Å². The van der Waals surface area contributed by atoms with Crippen LogP contribution < -0.4 is 5.73 Å². The highest BCUT2D eigenvalue weighted by atomic mass is 32.2. The molecule has 0 saturated heterocycles. The molecular weight excluding hydrogens is 262 g/mol. The van der Waals surface area contributed by atoms with Gasteiger partial charge in [-0.15, -0.1) is 0 Å². The van der Waals surface area contributed by atoms with Crippen molar-refractivity contribution < 1.29 is 8.42 Å². The minimum Gasteiger partial charge on any atom is -0.396 e. The zero-order chi connectivity index (χ0) is 14.5. The predicted octanol–water partition coefficient (Wildman–Crippen LogP) is 2.25. The maximum absolute atomic E-state index is 12.6. The van der Waals surface area contributed by atoms with Gasteiger partial charge in [0.05, 0.1) is 5.69 Å². The van der Waals surface area contributed by atoms with Crippen molar-refractivity contribution in [2.24, 2.45) is 0 Å². The predicted molar refractivity (Wildman–Crippen MR) is 77.2 cm³/mol. The Bertz CT molecular complexity index is 502. The Morgan fingerprint density at radius 1 is 1.42 bits per heavy atom. The van der Waals surface area contributed by atoms with Crippen molar-refractivity contribution in [1.29, 1.82) is 0 Å². The number of hydrogen-bond acceptors (Lipinski definition) is 4. The summed E-state index contributed by atoms with van der Waals surface area (Å²) in [5.74, 6) is 0. The van der Waals surface area contributed by atoms with Gasteiger partial charge in [0.25, 0.3) is 10.0 Å². The number of rotatable bonds is 7. The summed E-state index contributed by atoms with van der Waals surface area (Å²) in [5.41, 5.74) is 5.95. The summed E-state index contributed by atoms with van der Waals surface area (Å²) in [5, 5.41) is -0.0357. The van der Waals surface area contributed by atoms with Crippen molar-refractivity contribution >= 4 is 15.7 Å². The van der Waals surface area contributed by atoms with Crippen molar-refractivity contribution in [2.45, 2.75) is 51.1 Å². The molecule has 0 aliphatic heterocycles. The van der Waals surface area contributed by atoms with Crippen molar-refractivity contribution in [3.05, 3.63) is 18.3 Å². The van der Waals surface area contributed by atoms with E-state index in [1.54, 1.807) is 12.1 Å². The number of hydrogen-bond donors (Lipinski definition) is 1. The smallest absolute Gasteiger partial charge is 0.262 e. The van der Waals surface area contributed by atoms with Gasteiger partial charge in [-0.3, -0.25) is 0 Å². The first-order valence-corrected chi connectivity index (χ1v) is 8.11. The van der Waals surface area contributed by atoms with E-state index in [9.17, 15) is 8.42 Å². The van der Waals surface area contributed by atoms with E-state index >= 15 is 0 Å². The van der Waals surface area contributed by atoms with Crippen LogP contribution in [0.3, 0.4) is 0 Å². The molecule has 19 heavy (non-hydrogen) atoms. The standard InChI is InChI=1S/C13H23N3O2S/c1-4-6-10-16(11(3)5-2)19(17,18)13-12(14)8-7-9-15-13/h7-9,11H,4-6,10,14H2,1-3H3. The topological polar surface area (TPSA) is 76.3 Å². The molecule has 0 radical (unpaired) electrons. The van der Waals surface area contributed by atoms with Gasteiger partial charge in [-0.05, 0) is 31.9 Å². The maximum atomic E-state index is 12.6. The molecule has 1 aromatic rings. The van der Waals surface area contributed by atoms with Crippen LogP contribution in [0.4, 0.5) is 5.69 Å². The fraction of sp³-hybridized carbons (Fsp3) is 0.615. The van der Waals surface area contributed by atoms with Crippen LogP contribution >= 0.6 is 0 Å². The first-order valence-electron chi connectivity index (χ1n) is 6.67. The second-order valence-corrected chi connectivity index (χ2v) is 6.43. The van der Waals surface area contributed by atoms with Gasteiger partial charge in [-0.1, -0.05) is 20.3 Å². The summed E-state index contributed by atoms with van der Waals surface area (Å²) in [6.45, 7) is 6.42. The number of nitrogens with zero attached hydrogens (tertiary/aromatic N) is 2. The van der Waals surface area contributed by atoms with Gasteiger partial charge in [0.15, 0.2) is 5.03 Å². The molecule has 1 aromatic heterocycles. The lowest BCUT2D eigenvalue weighted by molar-refractivity contribution is 0.323. The summed E-state index contributed by atoms with van der Waals surface area (Å²) < 4.78 is 26.8. The van der Waals surface area contributed by atoms with E-state index in [0.29, 0.717) is 6.54 Å². The molecule has 0 aromatic carbocycles. The van der Waals surface area contributed by atoms with Gasteiger partial charge in [-0.2, -0.15) is 4.31 Å². The van der Waals surface area contributed by atoms with Gasteiger partial charge in [0.2, 0.25) is 0 Å². The van der Waals surface area contributed by atoms with E-state index in [2.05, 4.69) is 4.98 Å². The lowest BCUT2D eigenvalue weighted by Gasteiger charge is -2.27. The van der Waals surface area contributed by atoms with Crippen LogP contribution in [-0.4, -0.2) is 30.3 Å². The number of anilines is 1. The highest BCUT2D eigenvalue weighted by Gasteiger charge is 2.30. The summed E-state index contributed by atoms with van der Waals surface area (Å²) >= 11 is 0. The molecule has 1 rings (SSSR count). The molecule has 1 unspecified atom stereocenters. The number of nitrogens with two attached hydrogens (primary N) is 1.